The zero-order chi connectivity index (χ0) is 23.1. The molecule has 0 bridgehead atoms. The Morgan fingerprint density at radius 3 is 2.66 bits per heavy atom. The smallest absolute Gasteiger partial charge is 0.475 e. The third-order valence-electron chi connectivity index (χ3n) is 5.32. The summed E-state index contributed by atoms with van der Waals surface area (Å²) in [6, 6.07) is 6.70. The number of hydrogen-bond donors (Lipinski definition) is 1. The van der Waals surface area contributed by atoms with Gasteiger partial charge in [-0.1, -0.05) is 0 Å². The van der Waals surface area contributed by atoms with Gasteiger partial charge in [-0.2, -0.15) is 13.2 Å². The summed E-state index contributed by atoms with van der Waals surface area (Å²) in [4.78, 5) is 20.1. The average Bonchev–Trinajstić information content (AvgIpc) is 3.08. The summed E-state index contributed by atoms with van der Waals surface area (Å²) in [6.07, 6.45) is 1.18. The highest BCUT2D eigenvalue weighted by Gasteiger charge is 2.38. The first-order valence-electron chi connectivity index (χ1n) is 10.4. The van der Waals surface area contributed by atoms with Crippen LogP contribution in [0.15, 0.2) is 30.6 Å². The van der Waals surface area contributed by atoms with E-state index < -0.39 is 12.1 Å². The number of carbonyl (C=O) groups is 1. The molecule has 2 aromatic heterocycles. The van der Waals surface area contributed by atoms with Crippen molar-refractivity contribution in [2.75, 3.05) is 26.3 Å². The van der Waals surface area contributed by atoms with Crippen LogP contribution in [0.25, 0.3) is 0 Å². The summed E-state index contributed by atoms with van der Waals surface area (Å²) in [5.74, 6) is -2.04. The van der Waals surface area contributed by atoms with Crippen LogP contribution in [0.2, 0.25) is 0 Å². The van der Waals surface area contributed by atoms with Crippen LogP contribution in [-0.2, 0) is 22.6 Å². The quantitative estimate of drug-likeness (QED) is 0.757. The first kappa shape index (κ1) is 24.0. The lowest BCUT2D eigenvalue weighted by molar-refractivity contribution is -0.192. The second kappa shape index (κ2) is 10.8. The van der Waals surface area contributed by atoms with Crippen LogP contribution in [-0.4, -0.2) is 69.1 Å². The number of alkyl halides is 3. The monoisotopic (exact) mass is 456 g/mol. The van der Waals surface area contributed by atoms with Crippen LogP contribution in [0.4, 0.5) is 13.2 Å². The van der Waals surface area contributed by atoms with Gasteiger partial charge in [0, 0.05) is 56.6 Å². The molecule has 1 saturated heterocycles. The second-order valence-corrected chi connectivity index (χ2v) is 7.93. The molecule has 0 aliphatic carbocycles. The van der Waals surface area contributed by atoms with Crippen molar-refractivity contribution in [2.45, 2.75) is 45.1 Å². The van der Waals surface area contributed by atoms with Crippen molar-refractivity contribution in [3.63, 3.8) is 0 Å². The minimum atomic E-state index is -5.08. The molecular formula is C21H27F3N4O4. The first-order valence-corrected chi connectivity index (χ1v) is 10.4. The minimum absolute atomic E-state index is 0.0512. The summed E-state index contributed by atoms with van der Waals surface area (Å²) >= 11 is 0. The van der Waals surface area contributed by atoms with E-state index in [1.165, 1.54) is 5.69 Å². The molecule has 1 unspecified atom stereocenters. The Morgan fingerprint density at radius 2 is 2.00 bits per heavy atom. The number of carboxylic acid groups (broad SMARTS) is 1. The topological polar surface area (TPSA) is 89.7 Å². The number of aromatic nitrogens is 3. The third kappa shape index (κ3) is 7.20. The molecule has 1 N–H and O–H groups in total. The van der Waals surface area contributed by atoms with Crippen molar-refractivity contribution in [1.29, 1.82) is 0 Å². The molecule has 0 spiro atoms. The normalized spacial score (nSPS) is 19.9. The van der Waals surface area contributed by atoms with E-state index >= 15 is 0 Å². The summed E-state index contributed by atoms with van der Waals surface area (Å²) in [5, 5.41) is 7.12. The van der Waals surface area contributed by atoms with E-state index in [2.05, 4.69) is 37.8 Å². The van der Waals surface area contributed by atoms with Crippen molar-refractivity contribution < 1.29 is 32.5 Å². The van der Waals surface area contributed by atoms with Gasteiger partial charge in [0.2, 0.25) is 0 Å². The van der Waals surface area contributed by atoms with Gasteiger partial charge in [-0.25, -0.2) is 14.8 Å². The fraction of sp³-hybridized carbons (Fsp3) is 0.571. The van der Waals surface area contributed by atoms with Crippen LogP contribution < -0.4 is 4.74 Å². The number of hydrogen-bond acceptors (Lipinski definition) is 6. The summed E-state index contributed by atoms with van der Waals surface area (Å²) in [5.41, 5.74) is 2.28. The number of fused-ring (bicyclic) bond motifs is 1. The average molecular weight is 456 g/mol. The zero-order valence-corrected chi connectivity index (χ0v) is 17.8. The standard InChI is InChI=1S/C19H26N4O2.C2HF3O2/c1-15-4-7-20-19(21-15)25-18-13-22(11-16-5-9-24-10-6-16)12-17-3-2-8-23(17)14-18;3-2(4,5)1(6)7/h2-4,7-8,16,18H,5-6,9-14H2,1H3;(H,6,7). The van der Waals surface area contributed by atoms with Crippen molar-refractivity contribution in [1.82, 2.24) is 19.4 Å². The van der Waals surface area contributed by atoms with Gasteiger partial charge in [-0.05, 0) is 43.9 Å². The number of aryl methyl sites for hydroxylation is 1. The highest BCUT2D eigenvalue weighted by atomic mass is 19.4. The molecule has 1 atom stereocenters. The lowest BCUT2D eigenvalue weighted by atomic mass is 9.99. The highest BCUT2D eigenvalue weighted by molar-refractivity contribution is 5.73. The third-order valence-corrected chi connectivity index (χ3v) is 5.32. The molecule has 2 aliphatic rings. The Morgan fingerprint density at radius 1 is 1.28 bits per heavy atom. The van der Waals surface area contributed by atoms with E-state index in [0.717, 1.165) is 57.9 Å². The van der Waals surface area contributed by atoms with Gasteiger partial charge in [0.25, 0.3) is 0 Å². The Bertz CT molecular complexity index is 884. The lowest BCUT2D eigenvalue weighted by Crippen LogP contribution is -2.38. The van der Waals surface area contributed by atoms with Crippen molar-refractivity contribution in [2.24, 2.45) is 5.92 Å². The van der Waals surface area contributed by atoms with Crippen molar-refractivity contribution in [3.8, 4) is 6.01 Å². The number of rotatable bonds is 4. The number of carboxylic acids is 1. The molecule has 4 heterocycles. The molecule has 176 valence electrons. The van der Waals surface area contributed by atoms with Gasteiger partial charge in [-0.15, -0.1) is 0 Å². The van der Waals surface area contributed by atoms with E-state index in [1.807, 2.05) is 13.0 Å². The summed E-state index contributed by atoms with van der Waals surface area (Å²) < 4.78 is 45.7. The SMILES string of the molecule is Cc1ccnc(OC2CN(CC3CCOCC3)Cc3cccn3C2)n1.O=C(O)C(F)(F)F. The van der Waals surface area contributed by atoms with Gasteiger partial charge in [0.1, 0.15) is 6.10 Å². The van der Waals surface area contributed by atoms with Gasteiger partial charge in [-0.3, -0.25) is 4.90 Å². The second-order valence-electron chi connectivity index (χ2n) is 7.93. The van der Waals surface area contributed by atoms with Crippen LogP contribution in [0.5, 0.6) is 6.01 Å². The van der Waals surface area contributed by atoms with Crippen LogP contribution in [0.3, 0.4) is 0 Å². The molecule has 0 aromatic carbocycles. The molecule has 1 fully saturated rings. The van der Waals surface area contributed by atoms with Crippen molar-refractivity contribution in [3.05, 3.63) is 42.0 Å². The Labute approximate surface area is 184 Å². The predicted molar refractivity (Wildman–Crippen MR) is 108 cm³/mol. The molecule has 4 rings (SSSR count). The van der Waals surface area contributed by atoms with Crippen molar-refractivity contribution >= 4 is 5.97 Å². The minimum Gasteiger partial charge on any atom is -0.475 e. The zero-order valence-electron chi connectivity index (χ0n) is 17.8. The van der Waals surface area contributed by atoms with E-state index in [-0.39, 0.29) is 6.10 Å². The van der Waals surface area contributed by atoms with Gasteiger partial charge in [0.05, 0.1) is 6.54 Å². The highest BCUT2D eigenvalue weighted by Crippen LogP contribution is 2.21. The number of halogens is 3. The Hall–Kier alpha value is -2.66. The lowest BCUT2D eigenvalue weighted by Gasteiger charge is -2.30. The van der Waals surface area contributed by atoms with Crippen LogP contribution in [0.1, 0.15) is 24.2 Å². The number of ether oxygens (including phenoxy) is 2. The maximum Gasteiger partial charge on any atom is 0.490 e. The van der Waals surface area contributed by atoms with E-state index in [1.54, 1.807) is 6.20 Å². The molecule has 0 radical (unpaired) electrons. The molecule has 0 saturated carbocycles. The summed E-state index contributed by atoms with van der Waals surface area (Å²) in [7, 11) is 0. The van der Waals surface area contributed by atoms with Crippen LogP contribution >= 0.6 is 0 Å². The van der Waals surface area contributed by atoms with Gasteiger partial charge < -0.3 is 19.1 Å². The molecule has 11 heteroatoms. The maximum atomic E-state index is 10.6. The molecule has 32 heavy (non-hydrogen) atoms. The predicted octanol–water partition coefficient (Wildman–Crippen LogP) is 2.91. The molecule has 0 amide bonds. The fourth-order valence-electron chi connectivity index (χ4n) is 3.77. The Kier molecular flexibility index (Phi) is 8.08. The Balaban J connectivity index is 0.000000360. The molecule has 8 nitrogen and oxygen atoms in total. The molecular weight excluding hydrogens is 429 g/mol. The van der Waals surface area contributed by atoms with E-state index in [4.69, 9.17) is 19.4 Å². The summed E-state index contributed by atoms with van der Waals surface area (Å²) in [6.45, 7) is 7.56. The van der Waals surface area contributed by atoms with Crippen LogP contribution in [0, 0.1) is 12.8 Å². The maximum absolute atomic E-state index is 10.6. The van der Waals surface area contributed by atoms with E-state index in [9.17, 15) is 13.2 Å². The first-order chi connectivity index (χ1) is 15.2. The number of aliphatic carboxylic acids is 1. The number of nitrogens with zero attached hydrogens (tertiary/aromatic N) is 4. The van der Waals surface area contributed by atoms with Gasteiger partial charge >= 0.3 is 18.2 Å². The largest absolute Gasteiger partial charge is 0.490 e. The van der Waals surface area contributed by atoms with Gasteiger partial charge in [0.15, 0.2) is 0 Å². The fourth-order valence-corrected chi connectivity index (χ4v) is 3.77. The molecule has 2 aliphatic heterocycles. The van der Waals surface area contributed by atoms with E-state index in [0.29, 0.717) is 11.9 Å². The molecule has 2 aromatic rings.